The molecule has 1 aromatic heterocycles. The van der Waals surface area contributed by atoms with E-state index in [4.69, 9.17) is 29.0 Å². The minimum absolute atomic E-state index is 0.151. The van der Waals surface area contributed by atoms with Crippen molar-refractivity contribution in [1.82, 2.24) is 14.9 Å². The summed E-state index contributed by atoms with van der Waals surface area (Å²) in [6.07, 6.45) is 0. The van der Waals surface area contributed by atoms with Crippen molar-refractivity contribution in [2.45, 2.75) is 5.16 Å². The molecule has 1 amide bonds. The third-order valence-corrected chi connectivity index (χ3v) is 4.72. The van der Waals surface area contributed by atoms with Crippen molar-refractivity contribution in [1.29, 1.82) is 0 Å². The summed E-state index contributed by atoms with van der Waals surface area (Å²) in [5.41, 5.74) is 1.35. The molecule has 0 radical (unpaired) electrons. The second-order valence-corrected chi connectivity index (χ2v) is 6.79. The summed E-state index contributed by atoms with van der Waals surface area (Å²) in [7, 11) is 0. The van der Waals surface area contributed by atoms with Crippen LogP contribution in [0.3, 0.4) is 0 Å². The molecule has 0 bridgehead atoms. The average Bonchev–Trinajstić information content (AvgIpc) is 2.95. The lowest BCUT2D eigenvalue weighted by atomic mass is 10.2. The molecular formula is C16H13Cl2N5OS. The van der Waals surface area contributed by atoms with Crippen molar-refractivity contribution < 1.29 is 4.79 Å². The number of halogens is 2. The molecular weight excluding hydrogens is 381 g/mol. The first-order valence-electron chi connectivity index (χ1n) is 7.18. The summed E-state index contributed by atoms with van der Waals surface area (Å²) in [6, 6.07) is 14.2. The Morgan fingerprint density at radius 2 is 1.92 bits per heavy atom. The minimum atomic E-state index is -0.162. The normalized spacial score (nSPS) is 10.6. The maximum Gasteiger partial charge on any atom is 0.234 e. The number of amides is 1. The van der Waals surface area contributed by atoms with E-state index in [1.54, 1.807) is 18.2 Å². The highest BCUT2D eigenvalue weighted by atomic mass is 35.5. The first-order valence-corrected chi connectivity index (χ1v) is 8.92. The number of nitrogen functional groups attached to an aromatic ring is 1. The number of nitrogens with one attached hydrogen (secondary N) is 1. The number of aromatic nitrogens is 3. The molecule has 0 aliphatic heterocycles. The summed E-state index contributed by atoms with van der Waals surface area (Å²) in [5, 5.41) is 12.2. The molecule has 9 heteroatoms. The monoisotopic (exact) mass is 393 g/mol. The van der Waals surface area contributed by atoms with Gasteiger partial charge in [-0.2, -0.15) is 0 Å². The Balaban J connectivity index is 1.68. The predicted octanol–water partition coefficient (Wildman–Crippen LogP) is 3.70. The highest BCUT2D eigenvalue weighted by Gasteiger charge is 2.16. The summed E-state index contributed by atoms with van der Waals surface area (Å²) >= 11 is 13.2. The van der Waals surface area contributed by atoms with E-state index in [0.29, 0.717) is 26.6 Å². The van der Waals surface area contributed by atoms with Gasteiger partial charge in [0.05, 0.1) is 10.8 Å². The van der Waals surface area contributed by atoms with E-state index in [2.05, 4.69) is 15.5 Å². The van der Waals surface area contributed by atoms with Crippen molar-refractivity contribution in [3.63, 3.8) is 0 Å². The third-order valence-electron chi connectivity index (χ3n) is 3.23. The number of hydrogen-bond donors (Lipinski definition) is 2. The van der Waals surface area contributed by atoms with E-state index in [1.165, 1.54) is 16.4 Å². The van der Waals surface area contributed by atoms with Gasteiger partial charge >= 0.3 is 0 Å². The Kier molecular flexibility index (Phi) is 5.47. The first-order chi connectivity index (χ1) is 12.0. The zero-order valence-electron chi connectivity index (χ0n) is 12.8. The molecule has 0 aliphatic rings. The molecule has 3 aromatic rings. The number of benzene rings is 2. The Labute approximate surface area is 158 Å². The van der Waals surface area contributed by atoms with Crippen LogP contribution < -0.4 is 11.2 Å². The SMILES string of the molecule is Nn1c(SCC(=O)Nc2ccccc2)nnc1-c1ccc(Cl)cc1Cl. The van der Waals surface area contributed by atoms with Crippen molar-refractivity contribution >= 4 is 46.6 Å². The van der Waals surface area contributed by atoms with Crippen molar-refractivity contribution in [3.05, 3.63) is 58.6 Å². The number of hydrogen-bond acceptors (Lipinski definition) is 5. The quantitative estimate of drug-likeness (QED) is 0.509. The van der Waals surface area contributed by atoms with Gasteiger partial charge < -0.3 is 11.2 Å². The summed E-state index contributed by atoms with van der Waals surface area (Å²) in [5.74, 6) is 6.41. The van der Waals surface area contributed by atoms with Crippen LogP contribution in [0.2, 0.25) is 10.0 Å². The van der Waals surface area contributed by atoms with Crippen LogP contribution in [-0.2, 0) is 4.79 Å². The third kappa shape index (κ3) is 4.25. The standard InChI is InChI=1S/C16H13Cl2N5OS/c17-10-6-7-12(13(18)8-10)15-21-22-16(23(15)19)25-9-14(24)20-11-4-2-1-3-5-11/h1-8H,9,19H2,(H,20,24). The molecule has 0 fully saturated rings. The number of para-hydroxylation sites is 1. The number of nitrogens with two attached hydrogens (primary N) is 1. The smallest absolute Gasteiger partial charge is 0.234 e. The molecule has 1 heterocycles. The zero-order chi connectivity index (χ0) is 17.8. The van der Waals surface area contributed by atoms with Gasteiger partial charge in [-0.05, 0) is 30.3 Å². The highest BCUT2D eigenvalue weighted by molar-refractivity contribution is 7.99. The molecule has 3 rings (SSSR count). The molecule has 0 aliphatic carbocycles. The lowest BCUT2D eigenvalue weighted by Gasteiger charge is -2.06. The maximum atomic E-state index is 12.0. The maximum absolute atomic E-state index is 12.0. The van der Waals surface area contributed by atoms with Crippen LogP contribution >= 0.6 is 35.0 Å². The van der Waals surface area contributed by atoms with Crippen LogP contribution in [0.25, 0.3) is 11.4 Å². The van der Waals surface area contributed by atoms with Crippen LogP contribution in [0.15, 0.2) is 53.7 Å². The minimum Gasteiger partial charge on any atom is -0.335 e. The number of carbonyl (C=O) groups is 1. The molecule has 3 N–H and O–H groups in total. The molecule has 2 aromatic carbocycles. The van der Waals surface area contributed by atoms with Gasteiger partial charge in [-0.1, -0.05) is 53.2 Å². The molecule has 0 atom stereocenters. The van der Waals surface area contributed by atoms with Gasteiger partial charge in [0.25, 0.3) is 0 Å². The number of carbonyl (C=O) groups excluding carboxylic acids is 1. The van der Waals surface area contributed by atoms with Gasteiger partial charge in [0.2, 0.25) is 11.1 Å². The van der Waals surface area contributed by atoms with Gasteiger partial charge in [-0.25, -0.2) is 4.68 Å². The van der Waals surface area contributed by atoms with Crippen LogP contribution in [0.1, 0.15) is 0 Å². The Morgan fingerprint density at radius 3 is 2.64 bits per heavy atom. The van der Waals surface area contributed by atoms with Crippen molar-refractivity contribution in [2.75, 3.05) is 16.9 Å². The zero-order valence-corrected chi connectivity index (χ0v) is 15.1. The van der Waals surface area contributed by atoms with Crippen LogP contribution in [-0.4, -0.2) is 26.5 Å². The van der Waals surface area contributed by atoms with Gasteiger partial charge in [0.15, 0.2) is 5.82 Å². The fraction of sp³-hybridized carbons (Fsp3) is 0.0625. The number of anilines is 1. The highest BCUT2D eigenvalue weighted by Crippen LogP contribution is 2.30. The Hall–Kier alpha value is -2.22. The predicted molar refractivity (Wildman–Crippen MR) is 101 cm³/mol. The topological polar surface area (TPSA) is 85.8 Å². The fourth-order valence-corrected chi connectivity index (χ4v) is 3.23. The second-order valence-electron chi connectivity index (χ2n) is 5.00. The summed E-state index contributed by atoms with van der Waals surface area (Å²) in [4.78, 5) is 12.0. The van der Waals surface area contributed by atoms with E-state index in [0.717, 1.165) is 5.69 Å². The van der Waals surface area contributed by atoms with Crippen molar-refractivity contribution in [2.24, 2.45) is 0 Å². The number of nitrogens with zero attached hydrogens (tertiary/aromatic N) is 3. The summed E-state index contributed by atoms with van der Waals surface area (Å²) in [6.45, 7) is 0. The van der Waals surface area contributed by atoms with E-state index in [-0.39, 0.29) is 11.7 Å². The first kappa shape index (κ1) is 17.6. The molecule has 6 nitrogen and oxygen atoms in total. The molecule has 128 valence electrons. The largest absolute Gasteiger partial charge is 0.335 e. The molecule has 0 spiro atoms. The Bertz CT molecular complexity index is 901. The van der Waals surface area contributed by atoms with Gasteiger partial charge in [0, 0.05) is 16.3 Å². The van der Waals surface area contributed by atoms with E-state index < -0.39 is 0 Å². The molecule has 0 saturated carbocycles. The van der Waals surface area contributed by atoms with Gasteiger partial charge in [0.1, 0.15) is 0 Å². The van der Waals surface area contributed by atoms with Crippen molar-refractivity contribution in [3.8, 4) is 11.4 Å². The lowest BCUT2D eigenvalue weighted by molar-refractivity contribution is -0.113. The van der Waals surface area contributed by atoms with Crippen LogP contribution in [0.5, 0.6) is 0 Å². The molecule has 25 heavy (non-hydrogen) atoms. The average molecular weight is 394 g/mol. The summed E-state index contributed by atoms with van der Waals surface area (Å²) < 4.78 is 1.30. The van der Waals surface area contributed by atoms with Crippen LogP contribution in [0, 0.1) is 0 Å². The van der Waals surface area contributed by atoms with E-state index in [1.807, 2.05) is 30.3 Å². The lowest BCUT2D eigenvalue weighted by Crippen LogP contribution is -2.16. The van der Waals surface area contributed by atoms with Gasteiger partial charge in [-0.3, -0.25) is 4.79 Å². The van der Waals surface area contributed by atoms with Gasteiger partial charge in [-0.15, -0.1) is 10.2 Å². The fourth-order valence-electron chi connectivity index (χ4n) is 2.08. The van der Waals surface area contributed by atoms with E-state index in [9.17, 15) is 4.79 Å². The second kappa shape index (κ2) is 7.77. The van der Waals surface area contributed by atoms with Crippen LogP contribution in [0.4, 0.5) is 5.69 Å². The Morgan fingerprint density at radius 1 is 1.16 bits per heavy atom. The number of rotatable bonds is 5. The molecule has 0 unspecified atom stereocenters. The van der Waals surface area contributed by atoms with E-state index >= 15 is 0 Å². The molecule has 0 saturated heterocycles. The number of thioether (sulfide) groups is 1.